The fourth-order valence-electron chi connectivity index (χ4n) is 3.02. The summed E-state index contributed by atoms with van der Waals surface area (Å²) < 4.78 is 1.15. The van der Waals surface area contributed by atoms with E-state index in [1.807, 2.05) is 4.90 Å². The molecule has 3 rings (SSSR count). The zero-order valence-electron chi connectivity index (χ0n) is 18.1. The van der Waals surface area contributed by atoms with E-state index in [-0.39, 0.29) is 18.3 Å². The molecule has 0 bridgehead atoms. The van der Waals surface area contributed by atoms with Crippen LogP contribution >= 0.6 is 35.5 Å². The predicted molar refractivity (Wildman–Crippen MR) is 134 cm³/mol. The number of halogens is 1. The first-order valence-electron chi connectivity index (χ1n) is 10.0. The van der Waals surface area contributed by atoms with Gasteiger partial charge in [0, 0.05) is 11.4 Å². The number of nitrogens with zero attached hydrogens (tertiary/aromatic N) is 3. The summed E-state index contributed by atoms with van der Waals surface area (Å²) in [4.78, 5) is 23.0. The molecule has 0 saturated heterocycles. The Labute approximate surface area is 194 Å². The maximum atomic E-state index is 13.1. The maximum absolute atomic E-state index is 13.1. The van der Waals surface area contributed by atoms with Gasteiger partial charge in [0.05, 0.1) is 16.0 Å². The van der Waals surface area contributed by atoms with E-state index in [0.717, 1.165) is 39.6 Å². The third kappa shape index (κ3) is 6.71. The first kappa shape index (κ1) is 24.7. The SMILES string of the molecule is CCc1ccc2nc(N(CCCN(C)C)C(=O)CSc3ccc(C)cc3)sc2c1.Cl. The van der Waals surface area contributed by atoms with Gasteiger partial charge in [0.15, 0.2) is 5.13 Å². The van der Waals surface area contributed by atoms with Gasteiger partial charge in [0.2, 0.25) is 5.91 Å². The summed E-state index contributed by atoms with van der Waals surface area (Å²) in [7, 11) is 4.12. The molecular formula is C23H30ClN3OS2. The Morgan fingerprint density at radius 3 is 2.50 bits per heavy atom. The van der Waals surface area contributed by atoms with Gasteiger partial charge in [-0.25, -0.2) is 4.98 Å². The molecule has 0 spiro atoms. The summed E-state index contributed by atoms with van der Waals surface area (Å²) in [5.41, 5.74) is 3.50. The van der Waals surface area contributed by atoms with E-state index in [1.165, 1.54) is 11.1 Å². The molecule has 0 aliphatic rings. The predicted octanol–water partition coefficient (Wildman–Crippen LogP) is 5.67. The molecule has 1 aromatic heterocycles. The number of hydrogen-bond acceptors (Lipinski definition) is 5. The largest absolute Gasteiger partial charge is 0.309 e. The quantitative estimate of drug-likeness (QED) is 0.383. The van der Waals surface area contributed by atoms with Crippen LogP contribution in [-0.2, 0) is 11.2 Å². The summed E-state index contributed by atoms with van der Waals surface area (Å²) in [6.07, 6.45) is 1.92. The van der Waals surface area contributed by atoms with Crippen LogP contribution in [0.2, 0.25) is 0 Å². The number of anilines is 1. The number of rotatable bonds is 9. The van der Waals surface area contributed by atoms with Crippen LogP contribution in [0.5, 0.6) is 0 Å². The lowest BCUT2D eigenvalue weighted by Crippen LogP contribution is -2.34. The molecule has 3 aromatic rings. The van der Waals surface area contributed by atoms with Gasteiger partial charge >= 0.3 is 0 Å². The van der Waals surface area contributed by atoms with Gasteiger partial charge in [0.25, 0.3) is 0 Å². The first-order valence-corrected chi connectivity index (χ1v) is 11.8. The topological polar surface area (TPSA) is 36.4 Å². The van der Waals surface area contributed by atoms with Gasteiger partial charge in [-0.2, -0.15) is 0 Å². The number of aromatic nitrogens is 1. The Morgan fingerprint density at radius 2 is 1.83 bits per heavy atom. The Kier molecular flexibility index (Phi) is 9.62. The molecule has 4 nitrogen and oxygen atoms in total. The van der Waals surface area contributed by atoms with E-state index < -0.39 is 0 Å². The van der Waals surface area contributed by atoms with Gasteiger partial charge in [-0.1, -0.05) is 42.0 Å². The lowest BCUT2D eigenvalue weighted by atomic mass is 10.2. The fraction of sp³-hybridized carbons (Fsp3) is 0.391. The van der Waals surface area contributed by atoms with Gasteiger partial charge < -0.3 is 4.90 Å². The second kappa shape index (κ2) is 11.7. The smallest absolute Gasteiger partial charge is 0.239 e. The molecule has 2 aromatic carbocycles. The van der Waals surface area contributed by atoms with Crippen LogP contribution in [0.1, 0.15) is 24.5 Å². The molecule has 162 valence electrons. The van der Waals surface area contributed by atoms with Crippen molar-refractivity contribution in [3.63, 3.8) is 0 Å². The summed E-state index contributed by atoms with van der Waals surface area (Å²) in [5, 5.41) is 0.807. The van der Waals surface area contributed by atoms with Crippen molar-refractivity contribution in [1.82, 2.24) is 9.88 Å². The van der Waals surface area contributed by atoms with Crippen molar-refractivity contribution in [3.05, 3.63) is 53.6 Å². The summed E-state index contributed by atoms with van der Waals surface area (Å²) >= 11 is 3.20. The van der Waals surface area contributed by atoms with E-state index in [4.69, 9.17) is 4.98 Å². The lowest BCUT2D eigenvalue weighted by molar-refractivity contribution is -0.116. The first-order chi connectivity index (χ1) is 14.0. The highest BCUT2D eigenvalue weighted by atomic mass is 35.5. The standard InChI is InChI=1S/C23H29N3OS2.ClH/c1-5-18-9-12-20-21(15-18)29-23(24-20)26(14-6-13-25(3)4)22(27)16-28-19-10-7-17(2)8-11-19;/h7-12,15H,5-6,13-14,16H2,1-4H3;1H. The molecule has 0 radical (unpaired) electrons. The minimum absolute atomic E-state index is 0. The van der Waals surface area contributed by atoms with E-state index in [2.05, 4.69) is 75.3 Å². The highest BCUT2D eigenvalue weighted by Gasteiger charge is 2.20. The molecule has 0 N–H and O–H groups in total. The van der Waals surface area contributed by atoms with Crippen LogP contribution in [0.4, 0.5) is 5.13 Å². The van der Waals surface area contributed by atoms with Gasteiger partial charge in [-0.05, 0) is 70.2 Å². The average Bonchev–Trinajstić information content (AvgIpc) is 3.13. The molecule has 30 heavy (non-hydrogen) atoms. The van der Waals surface area contributed by atoms with Crippen molar-refractivity contribution in [3.8, 4) is 0 Å². The number of carbonyl (C=O) groups is 1. The third-order valence-corrected chi connectivity index (χ3v) is 6.79. The normalized spacial score (nSPS) is 11.0. The fourth-order valence-corrected chi connectivity index (χ4v) is 4.87. The summed E-state index contributed by atoms with van der Waals surface area (Å²) in [6, 6.07) is 14.7. The van der Waals surface area contributed by atoms with E-state index in [1.54, 1.807) is 23.1 Å². The monoisotopic (exact) mass is 463 g/mol. The molecule has 0 aliphatic heterocycles. The third-order valence-electron chi connectivity index (χ3n) is 4.75. The van der Waals surface area contributed by atoms with Crippen LogP contribution < -0.4 is 4.90 Å². The van der Waals surface area contributed by atoms with Crippen LogP contribution in [0.15, 0.2) is 47.4 Å². The zero-order chi connectivity index (χ0) is 20.8. The van der Waals surface area contributed by atoms with Gasteiger partial charge in [0.1, 0.15) is 0 Å². The van der Waals surface area contributed by atoms with Gasteiger partial charge in [-0.3, -0.25) is 9.69 Å². The van der Waals surface area contributed by atoms with Crippen molar-refractivity contribution in [2.24, 2.45) is 0 Å². The van der Waals surface area contributed by atoms with E-state index >= 15 is 0 Å². The molecule has 0 atom stereocenters. The number of amides is 1. The van der Waals surface area contributed by atoms with Crippen molar-refractivity contribution in [2.75, 3.05) is 37.8 Å². The highest BCUT2D eigenvalue weighted by Crippen LogP contribution is 2.31. The molecule has 7 heteroatoms. The van der Waals surface area contributed by atoms with Crippen molar-refractivity contribution < 1.29 is 4.79 Å². The summed E-state index contributed by atoms with van der Waals surface area (Å²) in [5.74, 6) is 0.533. The van der Waals surface area contributed by atoms with Crippen molar-refractivity contribution in [2.45, 2.75) is 31.6 Å². The second-order valence-electron chi connectivity index (χ2n) is 7.46. The molecule has 1 heterocycles. The van der Waals surface area contributed by atoms with Crippen molar-refractivity contribution in [1.29, 1.82) is 0 Å². The Balaban J connectivity index is 0.00000320. The molecular weight excluding hydrogens is 434 g/mol. The van der Waals surface area contributed by atoms with E-state index in [9.17, 15) is 4.79 Å². The Hall–Kier alpha value is -1.60. The van der Waals surface area contributed by atoms with Crippen LogP contribution in [0, 0.1) is 6.92 Å². The molecule has 0 saturated carbocycles. The van der Waals surface area contributed by atoms with Crippen LogP contribution in [0.3, 0.4) is 0 Å². The molecule has 0 fully saturated rings. The molecule has 0 aliphatic carbocycles. The maximum Gasteiger partial charge on any atom is 0.239 e. The number of hydrogen-bond donors (Lipinski definition) is 0. The number of thioether (sulfide) groups is 1. The van der Waals surface area contributed by atoms with Crippen LogP contribution in [0.25, 0.3) is 10.2 Å². The number of fused-ring (bicyclic) bond motifs is 1. The van der Waals surface area contributed by atoms with Crippen molar-refractivity contribution >= 4 is 56.8 Å². The minimum atomic E-state index is 0. The zero-order valence-corrected chi connectivity index (χ0v) is 20.5. The van der Waals surface area contributed by atoms with E-state index in [0.29, 0.717) is 12.3 Å². The Morgan fingerprint density at radius 1 is 1.10 bits per heavy atom. The molecule has 1 amide bonds. The lowest BCUT2D eigenvalue weighted by Gasteiger charge is -2.21. The Bertz CT molecular complexity index is 957. The number of aryl methyl sites for hydroxylation is 2. The highest BCUT2D eigenvalue weighted by molar-refractivity contribution is 8.00. The second-order valence-corrected chi connectivity index (χ2v) is 9.51. The number of carbonyl (C=O) groups excluding carboxylic acids is 1. The number of thiazole rings is 1. The van der Waals surface area contributed by atoms with Gasteiger partial charge in [-0.15, -0.1) is 24.2 Å². The number of benzene rings is 2. The average molecular weight is 464 g/mol. The summed E-state index contributed by atoms with van der Waals surface area (Å²) in [6.45, 7) is 5.86. The minimum Gasteiger partial charge on any atom is -0.309 e. The van der Waals surface area contributed by atoms with Crippen LogP contribution in [-0.4, -0.2) is 48.7 Å². The molecule has 0 unspecified atom stereocenters.